The van der Waals surface area contributed by atoms with E-state index in [0.29, 0.717) is 25.2 Å². The third-order valence-electron chi connectivity index (χ3n) is 4.56. The van der Waals surface area contributed by atoms with Gasteiger partial charge in [0.2, 0.25) is 0 Å². The second-order valence-electron chi connectivity index (χ2n) is 6.81. The maximum absolute atomic E-state index is 12.3. The number of carbonyl (C=O) groups is 1. The Morgan fingerprint density at radius 1 is 1.19 bits per heavy atom. The Hall–Kier alpha value is -3.23. The second kappa shape index (κ2) is 7.18. The SMILES string of the molecule is Cc1cc2c(cc1N(C)C)N(CCCCC(=O)O)c1[nH]c(=O)[nH]c(=O)c1N2. The number of anilines is 5. The number of nitrogens with one attached hydrogen (secondary N) is 3. The topological polar surface area (TPSA) is 122 Å². The van der Waals surface area contributed by atoms with Gasteiger partial charge in [0.1, 0.15) is 11.5 Å². The molecule has 0 spiro atoms. The molecular formula is C18H23N5O4. The molecule has 0 fully saturated rings. The first kappa shape index (κ1) is 18.6. The molecule has 0 amide bonds. The molecule has 9 nitrogen and oxygen atoms in total. The molecule has 144 valence electrons. The number of aliphatic carboxylic acids is 1. The predicted octanol–water partition coefficient (Wildman–Crippen LogP) is 1.89. The van der Waals surface area contributed by atoms with Crippen molar-refractivity contribution in [1.29, 1.82) is 0 Å². The molecule has 3 rings (SSSR count). The number of aryl methyl sites for hydroxylation is 1. The monoisotopic (exact) mass is 373 g/mol. The highest BCUT2D eigenvalue weighted by molar-refractivity contribution is 5.91. The van der Waals surface area contributed by atoms with E-state index in [2.05, 4.69) is 15.3 Å². The highest BCUT2D eigenvalue weighted by Crippen LogP contribution is 2.43. The summed E-state index contributed by atoms with van der Waals surface area (Å²) in [6, 6.07) is 3.96. The van der Waals surface area contributed by atoms with E-state index in [4.69, 9.17) is 5.11 Å². The van der Waals surface area contributed by atoms with Crippen LogP contribution in [0.1, 0.15) is 24.8 Å². The van der Waals surface area contributed by atoms with Gasteiger partial charge in [-0.1, -0.05) is 0 Å². The molecule has 0 atom stereocenters. The Kier molecular flexibility index (Phi) is 4.93. The normalized spacial score (nSPS) is 12.2. The summed E-state index contributed by atoms with van der Waals surface area (Å²) in [5.74, 6) is -0.452. The standard InChI is InChI=1S/C18H23N5O4/c1-10-8-11-13(9-12(10)22(2)3)23(7-5-4-6-14(24)25)16-15(19-11)17(26)21-18(27)20-16/h8-9,19H,4-7H2,1-3H3,(H,24,25)(H2,20,21,26,27). The molecule has 0 saturated heterocycles. The Morgan fingerprint density at radius 2 is 1.93 bits per heavy atom. The van der Waals surface area contributed by atoms with E-state index < -0.39 is 17.2 Å². The maximum atomic E-state index is 12.3. The Bertz CT molecular complexity index is 992. The van der Waals surface area contributed by atoms with Gasteiger partial charge in [0, 0.05) is 32.7 Å². The van der Waals surface area contributed by atoms with Crippen molar-refractivity contribution in [3.05, 3.63) is 38.5 Å². The fourth-order valence-corrected chi connectivity index (χ4v) is 3.32. The zero-order chi connectivity index (χ0) is 19.7. The van der Waals surface area contributed by atoms with Crippen molar-refractivity contribution < 1.29 is 9.90 Å². The number of nitrogens with zero attached hydrogens (tertiary/aromatic N) is 2. The van der Waals surface area contributed by atoms with E-state index in [1.54, 1.807) is 0 Å². The van der Waals surface area contributed by atoms with Crippen LogP contribution in [0.4, 0.5) is 28.6 Å². The van der Waals surface area contributed by atoms with Gasteiger partial charge in [-0.25, -0.2) is 4.79 Å². The molecular weight excluding hydrogens is 350 g/mol. The average molecular weight is 373 g/mol. The summed E-state index contributed by atoms with van der Waals surface area (Å²) in [4.78, 5) is 43.6. The third-order valence-corrected chi connectivity index (χ3v) is 4.56. The summed E-state index contributed by atoms with van der Waals surface area (Å²) in [5.41, 5.74) is 2.85. The number of fused-ring (bicyclic) bond motifs is 2. The summed E-state index contributed by atoms with van der Waals surface area (Å²) < 4.78 is 0. The van der Waals surface area contributed by atoms with Crippen molar-refractivity contribution in [3.8, 4) is 0 Å². The van der Waals surface area contributed by atoms with Crippen LogP contribution in [0.3, 0.4) is 0 Å². The Labute approximate surface area is 155 Å². The number of carboxylic acid groups (broad SMARTS) is 1. The lowest BCUT2D eigenvalue weighted by Crippen LogP contribution is -2.34. The minimum absolute atomic E-state index is 0.0779. The highest BCUT2D eigenvalue weighted by Gasteiger charge is 2.27. The minimum atomic E-state index is -0.841. The van der Waals surface area contributed by atoms with Crippen LogP contribution in [0.25, 0.3) is 0 Å². The summed E-state index contributed by atoms with van der Waals surface area (Å²) in [5, 5.41) is 12.0. The average Bonchev–Trinajstić information content (AvgIpc) is 2.57. The fourth-order valence-electron chi connectivity index (χ4n) is 3.32. The maximum Gasteiger partial charge on any atom is 0.327 e. The molecule has 0 aliphatic carbocycles. The van der Waals surface area contributed by atoms with E-state index >= 15 is 0 Å². The molecule has 0 saturated carbocycles. The van der Waals surface area contributed by atoms with Gasteiger partial charge in [-0.15, -0.1) is 0 Å². The van der Waals surface area contributed by atoms with Gasteiger partial charge in [-0.05, 0) is 37.5 Å². The van der Waals surface area contributed by atoms with Crippen LogP contribution in [0.2, 0.25) is 0 Å². The van der Waals surface area contributed by atoms with Crippen molar-refractivity contribution in [3.63, 3.8) is 0 Å². The van der Waals surface area contributed by atoms with Crippen molar-refractivity contribution in [2.45, 2.75) is 26.2 Å². The van der Waals surface area contributed by atoms with E-state index in [1.807, 2.05) is 43.0 Å². The summed E-state index contributed by atoms with van der Waals surface area (Å²) in [6.45, 7) is 2.46. The Morgan fingerprint density at radius 3 is 2.59 bits per heavy atom. The van der Waals surface area contributed by atoms with E-state index in [0.717, 1.165) is 22.6 Å². The van der Waals surface area contributed by atoms with Crippen molar-refractivity contribution >= 4 is 34.5 Å². The van der Waals surface area contributed by atoms with Crippen LogP contribution >= 0.6 is 0 Å². The highest BCUT2D eigenvalue weighted by atomic mass is 16.4. The molecule has 2 heterocycles. The quantitative estimate of drug-likeness (QED) is 0.570. The van der Waals surface area contributed by atoms with Crippen LogP contribution in [-0.4, -0.2) is 41.7 Å². The van der Waals surface area contributed by atoms with Crippen LogP contribution in [-0.2, 0) is 4.79 Å². The van der Waals surface area contributed by atoms with E-state index in [1.165, 1.54) is 0 Å². The first-order valence-electron chi connectivity index (χ1n) is 8.73. The molecule has 1 aliphatic heterocycles. The zero-order valence-corrected chi connectivity index (χ0v) is 15.5. The number of unbranched alkanes of at least 4 members (excludes halogenated alkanes) is 1. The van der Waals surface area contributed by atoms with Crippen molar-refractivity contribution in [2.75, 3.05) is 35.8 Å². The number of rotatable bonds is 6. The molecule has 4 N–H and O–H groups in total. The number of hydrogen-bond donors (Lipinski definition) is 4. The van der Waals surface area contributed by atoms with E-state index in [9.17, 15) is 14.4 Å². The lowest BCUT2D eigenvalue weighted by atomic mass is 10.1. The zero-order valence-electron chi connectivity index (χ0n) is 15.5. The van der Waals surface area contributed by atoms with Crippen LogP contribution in [0, 0.1) is 6.92 Å². The van der Waals surface area contributed by atoms with Crippen molar-refractivity contribution in [2.24, 2.45) is 0 Å². The molecule has 2 aromatic rings. The molecule has 9 heteroatoms. The first-order valence-corrected chi connectivity index (χ1v) is 8.73. The number of aromatic amines is 2. The van der Waals surface area contributed by atoms with Gasteiger partial charge in [0.05, 0.1) is 11.4 Å². The minimum Gasteiger partial charge on any atom is -0.481 e. The lowest BCUT2D eigenvalue weighted by molar-refractivity contribution is -0.137. The summed E-state index contributed by atoms with van der Waals surface area (Å²) in [7, 11) is 3.89. The number of aromatic nitrogens is 2. The van der Waals surface area contributed by atoms with Crippen LogP contribution < -0.4 is 26.4 Å². The Balaban J connectivity index is 2.06. The third kappa shape index (κ3) is 3.67. The van der Waals surface area contributed by atoms with Gasteiger partial charge < -0.3 is 20.2 Å². The lowest BCUT2D eigenvalue weighted by Gasteiger charge is -2.34. The largest absolute Gasteiger partial charge is 0.481 e. The fraction of sp³-hybridized carbons (Fsp3) is 0.389. The molecule has 0 radical (unpaired) electrons. The first-order chi connectivity index (χ1) is 12.8. The molecule has 1 aliphatic rings. The molecule has 1 aromatic carbocycles. The summed E-state index contributed by atoms with van der Waals surface area (Å²) >= 11 is 0. The van der Waals surface area contributed by atoms with Crippen molar-refractivity contribution in [1.82, 2.24) is 9.97 Å². The number of benzene rings is 1. The van der Waals surface area contributed by atoms with Crippen LogP contribution in [0.5, 0.6) is 0 Å². The van der Waals surface area contributed by atoms with Gasteiger partial charge in [-0.2, -0.15) is 0 Å². The van der Waals surface area contributed by atoms with Gasteiger partial charge in [0.15, 0.2) is 0 Å². The number of H-pyrrole nitrogens is 2. The number of carboxylic acids is 1. The molecule has 0 bridgehead atoms. The summed E-state index contributed by atoms with van der Waals surface area (Å²) in [6.07, 6.45) is 1.18. The molecule has 1 aromatic heterocycles. The van der Waals surface area contributed by atoms with Crippen LogP contribution in [0.15, 0.2) is 21.7 Å². The van der Waals surface area contributed by atoms with Gasteiger partial charge >= 0.3 is 11.7 Å². The van der Waals surface area contributed by atoms with E-state index in [-0.39, 0.29) is 12.1 Å². The molecule has 0 unspecified atom stereocenters. The van der Waals surface area contributed by atoms with Gasteiger partial charge in [-0.3, -0.25) is 19.6 Å². The smallest absolute Gasteiger partial charge is 0.327 e. The molecule has 27 heavy (non-hydrogen) atoms. The predicted molar refractivity (Wildman–Crippen MR) is 105 cm³/mol. The number of hydrogen-bond acceptors (Lipinski definition) is 6. The second-order valence-corrected chi connectivity index (χ2v) is 6.81. The van der Waals surface area contributed by atoms with Gasteiger partial charge in [0.25, 0.3) is 5.56 Å².